The van der Waals surface area contributed by atoms with Crippen molar-refractivity contribution >= 4 is 16.9 Å². The fraction of sp³-hybridized carbons (Fsp3) is 0.455. The molecule has 0 aliphatic heterocycles. The first-order chi connectivity index (χ1) is 13.6. The summed E-state index contributed by atoms with van der Waals surface area (Å²) < 4.78 is 2.19. The van der Waals surface area contributed by atoms with Crippen LogP contribution in [0, 0.1) is 12.8 Å². The zero-order chi connectivity index (χ0) is 19.9. The van der Waals surface area contributed by atoms with Crippen LogP contribution in [0.25, 0.3) is 10.9 Å². The van der Waals surface area contributed by atoms with E-state index in [1.807, 2.05) is 12.4 Å². The van der Waals surface area contributed by atoms with Crippen molar-refractivity contribution in [3.63, 3.8) is 0 Å². The van der Waals surface area contributed by atoms with Gasteiger partial charge in [-0.1, -0.05) is 32.0 Å². The van der Waals surface area contributed by atoms with Crippen molar-refractivity contribution in [3.05, 3.63) is 53.7 Å². The molecule has 2 heterocycles. The molecular formula is C22H32N6. The minimum atomic E-state index is 0.571. The average molecular weight is 381 g/mol. The Bertz CT molecular complexity index is 918. The molecule has 0 amide bonds. The summed E-state index contributed by atoms with van der Waals surface area (Å²) >= 11 is 0. The molecule has 0 saturated heterocycles. The summed E-state index contributed by atoms with van der Waals surface area (Å²) in [6.45, 7) is 11.9. The van der Waals surface area contributed by atoms with Crippen molar-refractivity contribution in [1.82, 2.24) is 25.2 Å². The van der Waals surface area contributed by atoms with Crippen molar-refractivity contribution in [3.8, 4) is 0 Å². The molecule has 150 valence electrons. The first kappa shape index (κ1) is 20.0. The third-order valence-corrected chi connectivity index (χ3v) is 4.78. The molecule has 0 unspecified atom stereocenters. The molecule has 2 aromatic heterocycles. The number of nitrogens with one attached hydrogen (secondary N) is 3. The van der Waals surface area contributed by atoms with E-state index in [2.05, 4.69) is 77.1 Å². The van der Waals surface area contributed by atoms with E-state index in [4.69, 9.17) is 4.99 Å². The fourth-order valence-electron chi connectivity index (χ4n) is 3.51. The molecule has 0 aliphatic rings. The van der Waals surface area contributed by atoms with Crippen molar-refractivity contribution < 1.29 is 0 Å². The van der Waals surface area contributed by atoms with Crippen LogP contribution in [0.3, 0.4) is 0 Å². The standard InChI is InChI=1S/C22H32N6/c1-5-23-22(26-14-21-24-12-13-28(21)15-16(2)3)25-11-10-18-17(4)27-20-9-7-6-8-19(18)20/h6-9,12-13,16,27H,5,10-11,14-15H2,1-4H3,(H2,23,25,26). The smallest absolute Gasteiger partial charge is 0.191 e. The molecule has 3 N–H and O–H groups in total. The Morgan fingerprint density at radius 3 is 2.86 bits per heavy atom. The van der Waals surface area contributed by atoms with E-state index in [1.54, 1.807) is 0 Å². The van der Waals surface area contributed by atoms with Crippen LogP contribution in [0.4, 0.5) is 0 Å². The van der Waals surface area contributed by atoms with Gasteiger partial charge < -0.3 is 20.2 Å². The van der Waals surface area contributed by atoms with Crippen molar-refractivity contribution in [2.45, 2.75) is 47.2 Å². The van der Waals surface area contributed by atoms with Crippen LogP contribution in [0.15, 0.2) is 41.7 Å². The lowest BCUT2D eigenvalue weighted by Gasteiger charge is -2.12. The molecule has 0 saturated carbocycles. The number of rotatable bonds is 8. The molecule has 6 heteroatoms. The first-order valence-electron chi connectivity index (χ1n) is 10.2. The number of hydrogen-bond donors (Lipinski definition) is 3. The highest BCUT2D eigenvalue weighted by atomic mass is 15.2. The SMILES string of the molecule is CCNC(=NCc1nccn1CC(C)C)NCCc1c(C)[nH]c2ccccc12. The highest BCUT2D eigenvalue weighted by Crippen LogP contribution is 2.21. The summed E-state index contributed by atoms with van der Waals surface area (Å²) in [6.07, 6.45) is 4.83. The van der Waals surface area contributed by atoms with Crippen LogP contribution in [-0.4, -0.2) is 33.6 Å². The number of H-pyrrole nitrogens is 1. The Kier molecular flexibility index (Phi) is 6.74. The van der Waals surface area contributed by atoms with E-state index in [9.17, 15) is 0 Å². The molecule has 28 heavy (non-hydrogen) atoms. The molecule has 0 atom stereocenters. The second-order valence-corrected chi connectivity index (χ2v) is 7.54. The molecule has 0 fully saturated rings. The number of aliphatic imine (C=N–C) groups is 1. The molecule has 0 radical (unpaired) electrons. The maximum atomic E-state index is 4.73. The van der Waals surface area contributed by atoms with Gasteiger partial charge >= 0.3 is 0 Å². The van der Waals surface area contributed by atoms with Gasteiger partial charge in [-0.3, -0.25) is 0 Å². The van der Waals surface area contributed by atoms with E-state index < -0.39 is 0 Å². The fourth-order valence-corrected chi connectivity index (χ4v) is 3.51. The maximum Gasteiger partial charge on any atom is 0.191 e. The molecule has 1 aromatic carbocycles. The van der Waals surface area contributed by atoms with Gasteiger partial charge in [-0.05, 0) is 37.8 Å². The number of benzene rings is 1. The van der Waals surface area contributed by atoms with Gasteiger partial charge in [-0.2, -0.15) is 0 Å². The molecular weight excluding hydrogens is 348 g/mol. The van der Waals surface area contributed by atoms with Gasteiger partial charge in [0, 0.05) is 48.6 Å². The summed E-state index contributed by atoms with van der Waals surface area (Å²) in [6, 6.07) is 8.48. The number of fused-ring (bicyclic) bond motifs is 1. The third kappa shape index (κ3) is 4.94. The molecule has 0 aliphatic carbocycles. The van der Waals surface area contributed by atoms with Crippen molar-refractivity contribution in [1.29, 1.82) is 0 Å². The third-order valence-electron chi connectivity index (χ3n) is 4.78. The molecule has 3 aromatic rings. The predicted molar refractivity (Wildman–Crippen MR) is 117 cm³/mol. The van der Waals surface area contributed by atoms with Gasteiger partial charge in [0.1, 0.15) is 12.4 Å². The summed E-state index contributed by atoms with van der Waals surface area (Å²) in [5.41, 5.74) is 3.81. The van der Waals surface area contributed by atoms with Crippen molar-refractivity contribution in [2.75, 3.05) is 13.1 Å². The monoisotopic (exact) mass is 380 g/mol. The minimum absolute atomic E-state index is 0.571. The van der Waals surface area contributed by atoms with E-state index >= 15 is 0 Å². The maximum absolute atomic E-state index is 4.73. The Morgan fingerprint density at radius 1 is 1.25 bits per heavy atom. The topological polar surface area (TPSA) is 70.0 Å². The summed E-state index contributed by atoms with van der Waals surface area (Å²) in [5.74, 6) is 2.42. The summed E-state index contributed by atoms with van der Waals surface area (Å²) in [7, 11) is 0. The molecule has 3 rings (SSSR count). The van der Waals surface area contributed by atoms with E-state index in [0.29, 0.717) is 12.5 Å². The lowest BCUT2D eigenvalue weighted by atomic mass is 10.1. The minimum Gasteiger partial charge on any atom is -0.358 e. The zero-order valence-corrected chi connectivity index (χ0v) is 17.4. The van der Waals surface area contributed by atoms with Crippen LogP contribution in [-0.2, 0) is 19.5 Å². The molecule has 6 nitrogen and oxygen atoms in total. The number of aromatic amines is 1. The Balaban J connectivity index is 1.62. The molecule has 0 spiro atoms. The van der Waals surface area contributed by atoms with Crippen LogP contribution in [0.1, 0.15) is 37.9 Å². The van der Waals surface area contributed by atoms with Gasteiger partial charge in [0.25, 0.3) is 0 Å². The number of nitrogens with zero attached hydrogens (tertiary/aromatic N) is 3. The number of guanidine groups is 1. The second kappa shape index (κ2) is 9.44. The molecule has 0 bridgehead atoms. The average Bonchev–Trinajstić information content (AvgIpc) is 3.23. The van der Waals surface area contributed by atoms with Gasteiger partial charge in [0.05, 0.1) is 0 Å². The largest absolute Gasteiger partial charge is 0.358 e. The number of aryl methyl sites for hydroxylation is 1. The number of para-hydroxylation sites is 1. The van der Waals surface area contributed by atoms with Crippen LogP contribution in [0.5, 0.6) is 0 Å². The lowest BCUT2D eigenvalue weighted by molar-refractivity contribution is 0.507. The first-order valence-corrected chi connectivity index (χ1v) is 10.2. The predicted octanol–water partition coefficient (Wildman–Crippen LogP) is 3.63. The van der Waals surface area contributed by atoms with Crippen LogP contribution in [0.2, 0.25) is 0 Å². The van der Waals surface area contributed by atoms with E-state index in [0.717, 1.165) is 37.8 Å². The lowest BCUT2D eigenvalue weighted by Crippen LogP contribution is -2.38. The zero-order valence-electron chi connectivity index (χ0n) is 17.4. The number of hydrogen-bond acceptors (Lipinski definition) is 2. The van der Waals surface area contributed by atoms with Crippen LogP contribution >= 0.6 is 0 Å². The summed E-state index contributed by atoms with van der Waals surface area (Å²) in [5, 5.41) is 8.10. The van der Waals surface area contributed by atoms with Crippen LogP contribution < -0.4 is 10.6 Å². The highest BCUT2D eigenvalue weighted by molar-refractivity contribution is 5.84. The number of imidazole rings is 1. The van der Waals surface area contributed by atoms with E-state index in [-0.39, 0.29) is 0 Å². The van der Waals surface area contributed by atoms with Gasteiger partial charge in [-0.25, -0.2) is 9.98 Å². The Morgan fingerprint density at radius 2 is 2.07 bits per heavy atom. The van der Waals surface area contributed by atoms with Gasteiger partial charge in [0.15, 0.2) is 5.96 Å². The second-order valence-electron chi connectivity index (χ2n) is 7.54. The highest BCUT2D eigenvalue weighted by Gasteiger charge is 2.08. The number of aromatic nitrogens is 3. The van der Waals surface area contributed by atoms with Crippen molar-refractivity contribution in [2.24, 2.45) is 10.9 Å². The Hall–Kier alpha value is -2.76. The normalized spacial score (nSPS) is 12.1. The van der Waals surface area contributed by atoms with Gasteiger partial charge in [-0.15, -0.1) is 0 Å². The van der Waals surface area contributed by atoms with Gasteiger partial charge in [0.2, 0.25) is 0 Å². The Labute approximate surface area is 167 Å². The quantitative estimate of drug-likeness (QED) is 0.413. The summed E-state index contributed by atoms with van der Waals surface area (Å²) in [4.78, 5) is 12.7. The van der Waals surface area contributed by atoms with E-state index in [1.165, 1.54) is 22.2 Å².